The van der Waals surface area contributed by atoms with Crippen LogP contribution in [-0.2, 0) is 26.8 Å². The van der Waals surface area contributed by atoms with E-state index >= 15 is 0 Å². The fourth-order valence-corrected chi connectivity index (χ4v) is 2.82. The molecule has 0 bridgehead atoms. The molecule has 2 heterocycles. The second-order valence-corrected chi connectivity index (χ2v) is 6.09. The van der Waals surface area contributed by atoms with Crippen LogP contribution in [0, 0.1) is 0 Å². The zero-order chi connectivity index (χ0) is 17.5. The highest BCUT2D eigenvalue weighted by atomic mass is 79.9. The Bertz CT molecular complexity index is 735. The molecule has 1 amide bonds. The second kappa shape index (κ2) is 6.16. The number of halogens is 5. The summed E-state index contributed by atoms with van der Waals surface area (Å²) in [4.78, 5) is 13.7. The van der Waals surface area contributed by atoms with Gasteiger partial charge in [0, 0.05) is 21.1 Å². The van der Waals surface area contributed by atoms with E-state index in [0.29, 0.717) is 10.2 Å². The molecule has 0 aliphatic rings. The minimum atomic E-state index is -4.73. The molecular weight excluding hydrogens is 403 g/mol. The Kier molecular flexibility index (Phi) is 4.76. The van der Waals surface area contributed by atoms with Crippen LogP contribution in [0.25, 0.3) is 0 Å². The zero-order valence-electron chi connectivity index (χ0n) is 12.3. The molecule has 0 radical (unpaired) electrons. The first-order chi connectivity index (χ1) is 10.5. The lowest BCUT2D eigenvalue weighted by atomic mass is 10.3. The van der Waals surface area contributed by atoms with E-state index in [0.717, 1.165) is 4.68 Å². The number of carbonyl (C=O) groups is 1. The molecule has 11 heteroatoms. The molecule has 6 nitrogen and oxygen atoms in total. The van der Waals surface area contributed by atoms with E-state index in [4.69, 9.17) is 11.6 Å². The van der Waals surface area contributed by atoms with Crippen LogP contribution < -0.4 is 0 Å². The third-order valence-electron chi connectivity index (χ3n) is 3.20. The predicted octanol–water partition coefficient (Wildman–Crippen LogP) is 2.86. The fourth-order valence-electron chi connectivity index (χ4n) is 2.00. The van der Waals surface area contributed by atoms with Crippen LogP contribution in [0.5, 0.6) is 0 Å². The number of hydrogen-bond donors (Lipinski definition) is 0. The minimum absolute atomic E-state index is 0.138. The van der Waals surface area contributed by atoms with E-state index in [-0.39, 0.29) is 12.2 Å². The Hall–Kier alpha value is -1.55. The van der Waals surface area contributed by atoms with Crippen LogP contribution in [0.4, 0.5) is 13.2 Å². The summed E-state index contributed by atoms with van der Waals surface area (Å²) in [6.45, 7) is 0.138. The number of aromatic nitrogens is 4. The molecule has 0 aliphatic carbocycles. The van der Waals surface area contributed by atoms with Gasteiger partial charge in [0.05, 0.1) is 22.9 Å². The van der Waals surface area contributed by atoms with E-state index in [1.165, 1.54) is 19.0 Å². The summed E-state index contributed by atoms with van der Waals surface area (Å²) in [5.41, 5.74) is -0.907. The van der Waals surface area contributed by atoms with Crippen LogP contribution in [0.15, 0.2) is 10.7 Å². The zero-order valence-corrected chi connectivity index (χ0v) is 14.7. The Morgan fingerprint density at radius 3 is 2.43 bits per heavy atom. The average molecular weight is 415 g/mol. The van der Waals surface area contributed by atoms with Gasteiger partial charge in [-0.15, -0.1) is 0 Å². The first-order valence-electron chi connectivity index (χ1n) is 6.25. The molecule has 0 atom stereocenters. The predicted molar refractivity (Wildman–Crippen MR) is 79.9 cm³/mol. The van der Waals surface area contributed by atoms with Gasteiger partial charge in [-0.05, 0) is 15.9 Å². The molecule has 2 aromatic heterocycles. The van der Waals surface area contributed by atoms with Crippen molar-refractivity contribution in [3.05, 3.63) is 32.8 Å². The first-order valence-corrected chi connectivity index (χ1v) is 7.42. The fraction of sp³-hybridized carbons (Fsp3) is 0.417. The minimum Gasteiger partial charge on any atom is -0.334 e. The Balaban J connectivity index is 2.32. The van der Waals surface area contributed by atoms with Crippen LogP contribution in [-0.4, -0.2) is 37.4 Å². The summed E-state index contributed by atoms with van der Waals surface area (Å²) in [5, 5.41) is 6.61. The molecule has 0 N–H and O–H groups in total. The van der Waals surface area contributed by atoms with Gasteiger partial charge in [-0.25, -0.2) is 0 Å². The van der Waals surface area contributed by atoms with Crippen molar-refractivity contribution < 1.29 is 18.0 Å². The molecular formula is C12H12BrClF3N5O. The van der Waals surface area contributed by atoms with Gasteiger partial charge in [-0.1, -0.05) is 11.6 Å². The van der Waals surface area contributed by atoms with Gasteiger partial charge in [-0.2, -0.15) is 23.4 Å². The molecule has 126 valence electrons. The van der Waals surface area contributed by atoms with Crippen molar-refractivity contribution in [2.75, 3.05) is 7.05 Å². The van der Waals surface area contributed by atoms with Crippen molar-refractivity contribution in [1.29, 1.82) is 0 Å². The Morgan fingerprint density at radius 1 is 1.39 bits per heavy atom. The van der Waals surface area contributed by atoms with Gasteiger partial charge in [0.1, 0.15) is 10.7 Å². The monoisotopic (exact) mass is 413 g/mol. The number of rotatable bonds is 3. The van der Waals surface area contributed by atoms with E-state index in [9.17, 15) is 18.0 Å². The van der Waals surface area contributed by atoms with Gasteiger partial charge in [0.15, 0.2) is 5.69 Å². The summed E-state index contributed by atoms with van der Waals surface area (Å²) < 4.78 is 41.5. The number of hydrogen-bond acceptors (Lipinski definition) is 3. The topological polar surface area (TPSA) is 56.0 Å². The Labute approximate surface area is 142 Å². The summed E-state index contributed by atoms with van der Waals surface area (Å²) in [6, 6.07) is 0. The molecule has 0 fully saturated rings. The van der Waals surface area contributed by atoms with Crippen LogP contribution in [0.1, 0.15) is 21.9 Å². The molecule has 0 unspecified atom stereocenters. The van der Waals surface area contributed by atoms with Crippen molar-refractivity contribution in [2.45, 2.75) is 12.7 Å². The maximum Gasteiger partial charge on any atom is 0.436 e. The highest BCUT2D eigenvalue weighted by molar-refractivity contribution is 9.10. The maximum absolute atomic E-state index is 12.8. The van der Waals surface area contributed by atoms with Crippen molar-refractivity contribution in [3.8, 4) is 0 Å². The van der Waals surface area contributed by atoms with Gasteiger partial charge < -0.3 is 4.90 Å². The van der Waals surface area contributed by atoms with Crippen LogP contribution in [0.2, 0.25) is 5.02 Å². The third kappa shape index (κ3) is 3.37. The summed E-state index contributed by atoms with van der Waals surface area (Å²) in [5.74, 6) is -0.673. The van der Waals surface area contributed by atoms with Crippen LogP contribution >= 0.6 is 27.5 Å². The van der Waals surface area contributed by atoms with E-state index in [2.05, 4.69) is 26.1 Å². The van der Waals surface area contributed by atoms with Crippen molar-refractivity contribution in [1.82, 2.24) is 24.5 Å². The maximum atomic E-state index is 12.8. The van der Waals surface area contributed by atoms with Gasteiger partial charge >= 0.3 is 6.18 Å². The number of alkyl halides is 3. The summed E-state index contributed by atoms with van der Waals surface area (Å²) in [7, 11) is 4.39. The molecule has 23 heavy (non-hydrogen) atoms. The first kappa shape index (κ1) is 17.8. The molecule has 2 aromatic rings. The largest absolute Gasteiger partial charge is 0.436 e. The lowest BCUT2D eigenvalue weighted by molar-refractivity contribution is -0.141. The van der Waals surface area contributed by atoms with Crippen LogP contribution in [0.3, 0.4) is 0 Å². The molecule has 0 saturated heterocycles. The normalized spacial score (nSPS) is 11.8. The molecule has 0 spiro atoms. The van der Waals surface area contributed by atoms with Gasteiger partial charge in [0.25, 0.3) is 5.91 Å². The highest BCUT2D eigenvalue weighted by Crippen LogP contribution is 2.35. The van der Waals surface area contributed by atoms with Gasteiger partial charge in [0.2, 0.25) is 0 Å². The quantitative estimate of drug-likeness (QED) is 0.776. The SMILES string of the molecule is CN(Cc1c(Br)cnn1C)C(=O)c1c(Cl)c(C(F)(F)F)nn1C. The third-order valence-corrected chi connectivity index (χ3v) is 4.23. The molecule has 0 aliphatic heterocycles. The number of carbonyl (C=O) groups excluding carboxylic acids is 1. The van der Waals surface area contributed by atoms with E-state index in [1.54, 1.807) is 17.9 Å². The highest BCUT2D eigenvalue weighted by Gasteiger charge is 2.40. The molecule has 0 aromatic carbocycles. The summed E-state index contributed by atoms with van der Waals surface area (Å²) >= 11 is 9.02. The van der Waals surface area contributed by atoms with E-state index in [1.807, 2.05) is 0 Å². The standard InChI is InChI=1S/C12H12BrClF3N5O/c1-20(5-7-6(13)4-18-21(7)2)11(23)9-8(14)10(12(15,16)17)19-22(9)3/h4H,5H2,1-3H3. The average Bonchev–Trinajstić information content (AvgIpc) is 2.91. The smallest absolute Gasteiger partial charge is 0.334 e. The van der Waals surface area contributed by atoms with Crippen molar-refractivity contribution >= 4 is 33.4 Å². The van der Waals surface area contributed by atoms with Crippen molar-refractivity contribution in [2.24, 2.45) is 14.1 Å². The molecule has 0 saturated carbocycles. The number of aryl methyl sites for hydroxylation is 2. The summed E-state index contributed by atoms with van der Waals surface area (Å²) in [6.07, 6.45) is -3.16. The van der Waals surface area contributed by atoms with E-state index < -0.39 is 22.8 Å². The Morgan fingerprint density at radius 2 is 2.00 bits per heavy atom. The van der Waals surface area contributed by atoms with Gasteiger partial charge in [-0.3, -0.25) is 14.2 Å². The van der Waals surface area contributed by atoms with Crippen molar-refractivity contribution in [3.63, 3.8) is 0 Å². The lowest BCUT2D eigenvalue weighted by Crippen LogP contribution is -2.29. The number of amides is 1. The number of nitrogens with zero attached hydrogens (tertiary/aromatic N) is 5. The second-order valence-electron chi connectivity index (χ2n) is 4.86. The lowest BCUT2D eigenvalue weighted by Gasteiger charge is -2.18. The molecule has 2 rings (SSSR count).